The lowest BCUT2D eigenvalue weighted by molar-refractivity contribution is 0.188. The fourth-order valence-corrected chi connectivity index (χ4v) is 4.38. The zero-order valence-corrected chi connectivity index (χ0v) is 13.6. The molecule has 5 nitrogen and oxygen atoms in total. The molecule has 1 aromatic rings. The molecule has 0 radical (unpaired) electrons. The molecule has 118 valence electrons. The number of rotatable bonds is 5. The summed E-state index contributed by atoms with van der Waals surface area (Å²) < 4.78 is 27.5. The summed E-state index contributed by atoms with van der Waals surface area (Å²) in [7, 11) is -1.25. The summed E-state index contributed by atoms with van der Waals surface area (Å²) in [6.07, 6.45) is 0.861. The maximum atomic E-state index is 12.3. The number of nitrogens with two attached hydrogens (primary N) is 1. The van der Waals surface area contributed by atoms with Gasteiger partial charge in [-0.2, -0.15) is 0 Å². The van der Waals surface area contributed by atoms with Gasteiger partial charge in [0.25, 0.3) is 0 Å². The van der Waals surface area contributed by atoms with Crippen molar-refractivity contribution in [1.29, 1.82) is 0 Å². The normalized spacial score (nSPS) is 24.1. The predicted octanol–water partition coefficient (Wildman–Crippen LogP) is 0.905. The Morgan fingerprint density at radius 3 is 2.76 bits per heavy atom. The Hall–Kier alpha value is -0.950. The minimum Gasteiger partial charge on any atom is -0.326 e. The van der Waals surface area contributed by atoms with Gasteiger partial charge in [-0.25, -0.2) is 13.1 Å². The van der Waals surface area contributed by atoms with Crippen LogP contribution in [0.5, 0.6) is 0 Å². The zero-order chi connectivity index (χ0) is 15.5. The van der Waals surface area contributed by atoms with E-state index in [1.54, 1.807) is 0 Å². The number of sulfonamides is 1. The summed E-state index contributed by atoms with van der Waals surface area (Å²) in [5.74, 6) is 0.341. The molecule has 2 atom stereocenters. The van der Waals surface area contributed by atoms with Crippen LogP contribution in [0.1, 0.15) is 24.5 Å². The lowest BCUT2D eigenvalue weighted by atomic mass is 9.95. The van der Waals surface area contributed by atoms with Crippen molar-refractivity contribution in [3.8, 4) is 0 Å². The molecule has 0 bridgehead atoms. The first-order valence-electron chi connectivity index (χ1n) is 7.36. The highest BCUT2D eigenvalue weighted by atomic mass is 32.2. The lowest BCUT2D eigenvalue weighted by Gasteiger charge is -2.34. The van der Waals surface area contributed by atoms with Crippen LogP contribution in [-0.4, -0.2) is 39.5 Å². The van der Waals surface area contributed by atoms with Gasteiger partial charge >= 0.3 is 0 Å². The second-order valence-electron chi connectivity index (χ2n) is 6.04. The third kappa shape index (κ3) is 4.78. The molecule has 3 N–H and O–H groups in total. The molecule has 0 aromatic heterocycles. The summed E-state index contributed by atoms with van der Waals surface area (Å²) in [6.45, 7) is 4.38. The Morgan fingerprint density at radius 1 is 1.38 bits per heavy atom. The van der Waals surface area contributed by atoms with Gasteiger partial charge in [0, 0.05) is 19.1 Å². The summed E-state index contributed by atoms with van der Waals surface area (Å²) >= 11 is 0. The number of nitrogens with one attached hydrogen (secondary N) is 1. The van der Waals surface area contributed by atoms with Crippen molar-refractivity contribution in [2.24, 2.45) is 11.7 Å². The molecule has 0 saturated carbocycles. The fraction of sp³-hybridized carbons (Fsp3) is 0.600. The molecule has 1 aliphatic heterocycles. The van der Waals surface area contributed by atoms with Crippen LogP contribution in [0, 0.1) is 5.92 Å². The Balaban J connectivity index is 2.01. The molecule has 0 amide bonds. The third-order valence-electron chi connectivity index (χ3n) is 4.02. The van der Waals surface area contributed by atoms with Crippen LogP contribution >= 0.6 is 0 Å². The van der Waals surface area contributed by atoms with E-state index in [0.717, 1.165) is 30.6 Å². The average Bonchev–Trinajstić information content (AvgIpc) is 2.41. The molecule has 21 heavy (non-hydrogen) atoms. The molecule has 6 heteroatoms. The average molecular weight is 311 g/mol. The van der Waals surface area contributed by atoms with Crippen LogP contribution in [0.3, 0.4) is 0 Å². The lowest BCUT2D eigenvalue weighted by Crippen LogP contribution is -2.49. The first-order valence-corrected chi connectivity index (χ1v) is 9.01. The van der Waals surface area contributed by atoms with Crippen molar-refractivity contribution < 1.29 is 8.42 Å². The first kappa shape index (κ1) is 16.4. The number of hydrogen-bond donors (Lipinski definition) is 2. The zero-order valence-electron chi connectivity index (χ0n) is 12.7. The topological polar surface area (TPSA) is 75.4 Å². The van der Waals surface area contributed by atoms with E-state index in [0.29, 0.717) is 12.5 Å². The highest BCUT2D eigenvalue weighted by Crippen LogP contribution is 2.17. The Kier molecular flexibility index (Phi) is 5.37. The molecule has 2 rings (SSSR count). The van der Waals surface area contributed by atoms with Crippen LogP contribution in [-0.2, 0) is 22.3 Å². The van der Waals surface area contributed by atoms with Crippen molar-refractivity contribution in [3.63, 3.8) is 0 Å². The van der Waals surface area contributed by atoms with Gasteiger partial charge in [0.2, 0.25) is 10.0 Å². The van der Waals surface area contributed by atoms with Gasteiger partial charge in [-0.1, -0.05) is 31.2 Å². The van der Waals surface area contributed by atoms with Gasteiger partial charge in [0.1, 0.15) is 0 Å². The van der Waals surface area contributed by atoms with E-state index in [2.05, 4.69) is 23.6 Å². The van der Waals surface area contributed by atoms with E-state index in [9.17, 15) is 8.42 Å². The summed E-state index contributed by atoms with van der Waals surface area (Å²) in [6, 6.07) is 7.48. The van der Waals surface area contributed by atoms with Gasteiger partial charge in [0.05, 0.1) is 5.75 Å². The largest absolute Gasteiger partial charge is 0.326 e. The summed E-state index contributed by atoms with van der Waals surface area (Å²) in [5.41, 5.74) is 7.33. The fourth-order valence-electron chi connectivity index (χ4n) is 2.87. The van der Waals surface area contributed by atoms with Gasteiger partial charge < -0.3 is 10.6 Å². The van der Waals surface area contributed by atoms with Gasteiger partial charge in [-0.05, 0) is 37.1 Å². The molecule has 1 heterocycles. The molecule has 1 aromatic carbocycles. The van der Waals surface area contributed by atoms with Crippen molar-refractivity contribution in [3.05, 3.63) is 35.4 Å². The molecular formula is C15H25N3O2S. The first-order chi connectivity index (χ1) is 9.89. The molecule has 0 spiro atoms. The van der Waals surface area contributed by atoms with E-state index in [1.807, 2.05) is 24.3 Å². The molecule has 2 unspecified atom stereocenters. The van der Waals surface area contributed by atoms with Crippen molar-refractivity contribution in [1.82, 2.24) is 9.62 Å². The standard InChI is InChI=1S/C15H25N3O2S/c1-12-10-18(2)7-6-15(12)17-21(19,20)11-14-5-3-4-13(8-14)9-16/h3-5,8,12,15,17H,6-7,9-11,16H2,1-2H3. The van der Waals surface area contributed by atoms with Crippen LogP contribution in [0.4, 0.5) is 0 Å². The van der Waals surface area contributed by atoms with Crippen LogP contribution in [0.25, 0.3) is 0 Å². The van der Waals surface area contributed by atoms with Crippen molar-refractivity contribution in [2.45, 2.75) is 31.7 Å². The second-order valence-corrected chi connectivity index (χ2v) is 7.79. The third-order valence-corrected chi connectivity index (χ3v) is 5.40. The van der Waals surface area contributed by atoms with E-state index < -0.39 is 10.0 Å². The maximum absolute atomic E-state index is 12.3. The minimum atomic E-state index is -3.32. The van der Waals surface area contributed by atoms with Gasteiger partial charge in [-0.15, -0.1) is 0 Å². The Labute approximate surface area is 127 Å². The van der Waals surface area contributed by atoms with E-state index in [4.69, 9.17) is 5.73 Å². The number of hydrogen-bond acceptors (Lipinski definition) is 4. The SMILES string of the molecule is CC1CN(C)CCC1NS(=O)(=O)Cc1cccc(CN)c1. The van der Waals surface area contributed by atoms with Gasteiger partial charge in [0.15, 0.2) is 0 Å². The number of nitrogens with zero attached hydrogens (tertiary/aromatic N) is 1. The predicted molar refractivity (Wildman–Crippen MR) is 85.2 cm³/mol. The smallest absolute Gasteiger partial charge is 0.216 e. The molecular weight excluding hydrogens is 286 g/mol. The number of piperidine rings is 1. The molecule has 1 saturated heterocycles. The highest BCUT2D eigenvalue weighted by molar-refractivity contribution is 7.88. The van der Waals surface area contributed by atoms with Crippen molar-refractivity contribution >= 4 is 10.0 Å². The van der Waals surface area contributed by atoms with E-state index in [1.165, 1.54) is 0 Å². The number of benzene rings is 1. The van der Waals surface area contributed by atoms with E-state index >= 15 is 0 Å². The van der Waals surface area contributed by atoms with Crippen LogP contribution < -0.4 is 10.5 Å². The van der Waals surface area contributed by atoms with Gasteiger partial charge in [-0.3, -0.25) is 0 Å². The highest BCUT2D eigenvalue weighted by Gasteiger charge is 2.27. The Morgan fingerprint density at radius 2 is 2.10 bits per heavy atom. The monoisotopic (exact) mass is 311 g/mol. The minimum absolute atomic E-state index is 0.0138. The summed E-state index contributed by atoms with van der Waals surface area (Å²) in [4.78, 5) is 2.24. The molecule has 1 fully saturated rings. The van der Waals surface area contributed by atoms with Crippen LogP contribution in [0.15, 0.2) is 24.3 Å². The summed E-state index contributed by atoms with van der Waals surface area (Å²) in [5, 5.41) is 0. The molecule has 1 aliphatic rings. The van der Waals surface area contributed by atoms with E-state index in [-0.39, 0.29) is 11.8 Å². The van der Waals surface area contributed by atoms with Crippen LogP contribution in [0.2, 0.25) is 0 Å². The maximum Gasteiger partial charge on any atom is 0.216 e. The quantitative estimate of drug-likeness (QED) is 0.847. The van der Waals surface area contributed by atoms with Crippen molar-refractivity contribution in [2.75, 3.05) is 20.1 Å². The Bertz CT molecular complexity index is 574. The molecule has 0 aliphatic carbocycles. The number of likely N-dealkylation sites (tertiary alicyclic amines) is 1. The second kappa shape index (κ2) is 6.87.